The zero-order valence-corrected chi connectivity index (χ0v) is 19.8. The van der Waals surface area contributed by atoms with Crippen molar-refractivity contribution in [3.8, 4) is 0 Å². The van der Waals surface area contributed by atoms with Crippen LogP contribution in [0.2, 0.25) is 0 Å². The average Bonchev–Trinajstić information content (AvgIpc) is 3.10. The van der Waals surface area contributed by atoms with Crippen LogP contribution in [0.1, 0.15) is 18.1 Å². The molecule has 1 amide bonds. The summed E-state index contributed by atoms with van der Waals surface area (Å²) in [6, 6.07) is 14.7. The SMILES string of the molecule is CCc1ccc2nc(N(CCN(C)C)C(=O)CSc3ccc(C)cc3)sc2c1.Cl. The number of thioether (sulfide) groups is 1. The number of thiazole rings is 1. The summed E-state index contributed by atoms with van der Waals surface area (Å²) in [5, 5.41) is 0.791. The molecule has 0 bridgehead atoms. The number of fused-ring (bicyclic) bond motifs is 1. The van der Waals surface area contributed by atoms with Crippen LogP contribution < -0.4 is 4.90 Å². The Bertz CT molecular complexity index is 941. The van der Waals surface area contributed by atoms with Crippen molar-refractivity contribution in [2.45, 2.75) is 25.2 Å². The lowest BCUT2D eigenvalue weighted by molar-refractivity contribution is -0.116. The molecule has 7 heteroatoms. The summed E-state index contributed by atoms with van der Waals surface area (Å²) in [5.74, 6) is 0.509. The molecule has 0 spiro atoms. The van der Waals surface area contributed by atoms with E-state index in [9.17, 15) is 4.79 Å². The third-order valence-corrected chi connectivity index (χ3v) is 6.57. The molecule has 29 heavy (non-hydrogen) atoms. The summed E-state index contributed by atoms with van der Waals surface area (Å²) in [6.07, 6.45) is 1.000. The summed E-state index contributed by atoms with van der Waals surface area (Å²) in [6.45, 7) is 5.66. The predicted octanol–water partition coefficient (Wildman–Crippen LogP) is 5.28. The molecule has 0 aliphatic carbocycles. The summed E-state index contributed by atoms with van der Waals surface area (Å²) in [4.78, 5) is 22.9. The second-order valence-corrected chi connectivity index (χ2v) is 9.16. The summed E-state index contributed by atoms with van der Waals surface area (Å²) < 4.78 is 1.14. The van der Waals surface area contributed by atoms with Crippen LogP contribution >= 0.6 is 35.5 Å². The minimum atomic E-state index is 0. The number of aryl methyl sites for hydroxylation is 2. The smallest absolute Gasteiger partial charge is 0.239 e. The van der Waals surface area contributed by atoms with Gasteiger partial charge in [0.25, 0.3) is 0 Å². The molecule has 4 nitrogen and oxygen atoms in total. The number of rotatable bonds is 8. The fourth-order valence-corrected chi connectivity index (χ4v) is 4.62. The number of nitrogens with zero attached hydrogens (tertiary/aromatic N) is 3. The first-order valence-corrected chi connectivity index (χ1v) is 11.3. The van der Waals surface area contributed by atoms with E-state index in [0.717, 1.165) is 33.2 Å². The van der Waals surface area contributed by atoms with Gasteiger partial charge < -0.3 is 4.90 Å². The molecule has 0 fully saturated rings. The molecule has 0 saturated carbocycles. The van der Waals surface area contributed by atoms with Gasteiger partial charge in [-0.3, -0.25) is 9.69 Å². The van der Waals surface area contributed by atoms with Crippen molar-refractivity contribution in [3.05, 3.63) is 53.6 Å². The standard InChI is InChI=1S/C22H27N3OS2.ClH/c1-5-17-8-11-19-20(14-17)28-22(23-19)25(13-12-24(3)4)21(26)15-27-18-9-6-16(2)7-10-18;/h6-11,14H,5,12-13,15H2,1-4H3;1H. The molecule has 1 aromatic heterocycles. The van der Waals surface area contributed by atoms with E-state index in [1.54, 1.807) is 23.1 Å². The van der Waals surface area contributed by atoms with Gasteiger partial charge >= 0.3 is 0 Å². The van der Waals surface area contributed by atoms with Crippen LogP contribution in [0, 0.1) is 6.92 Å². The summed E-state index contributed by atoms with van der Waals surface area (Å²) in [5.41, 5.74) is 3.49. The van der Waals surface area contributed by atoms with Gasteiger partial charge in [-0.15, -0.1) is 24.2 Å². The number of aromatic nitrogens is 1. The molecule has 3 rings (SSSR count). The van der Waals surface area contributed by atoms with Crippen LogP contribution in [0.4, 0.5) is 5.13 Å². The highest BCUT2D eigenvalue weighted by Gasteiger charge is 2.20. The summed E-state index contributed by atoms with van der Waals surface area (Å²) in [7, 11) is 4.05. The zero-order chi connectivity index (χ0) is 20.1. The topological polar surface area (TPSA) is 36.4 Å². The highest BCUT2D eigenvalue weighted by molar-refractivity contribution is 8.00. The molecule has 3 aromatic rings. The molecule has 1 heterocycles. The van der Waals surface area contributed by atoms with Crippen molar-refractivity contribution in [2.24, 2.45) is 0 Å². The van der Waals surface area contributed by atoms with Crippen LogP contribution in [-0.4, -0.2) is 48.7 Å². The Balaban J connectivity index is 0.00000300. The van der Waals surface area contributed by atoms with E-state index in [1.807, 2.05) is 19.0 Å². The Hall–Kier alpha value is -1.60. The van der Waals surface area contributed by atoms with Crippen molar-refractivity contribution in [1.29, 1.82) is 0 Å². The van der Waals surface area contributed by atoms with Crippen LogP contribution in [0.15, 0.2) is 47.4 Å². The average molecular weight is 450 g/mol. The number of amides is 1. The molecule has 0 radical (unpaired) electrons. The monoisotopic (exact) mass is 449 g/mol. The molecule has 0 N–H and O–H groups in total. The predicted molar refractivity (Wildman–Crippen MR) is 129 cm³/mol. The fourth-order valence-electron chi connectivity index (χ4n) is 2.78. The maximum atomic E-state index is 13.0. The minimum Gasteiger partial charge on any atom is -0.308 e. The molecule has 0 saturated heterocycles. The van der Waals surface area contributed by atoms with Crippen LogP contribution in [0.5, 0.6) is 0 Å². The van der Waals surface area contributed by atoms with E-state index < -0.39 is 0 Å². The van der Waals surface area contributed by atoms with Gasteiger partial charge in [0.05, 0.1) is 16.0 Å². The van der Waals surface area contributed by atoms with E-state index >= 15 is 0 Å². The fraction of sp³-hybridized carbons (Fsp3) is 0.364. The van der Waals surface area contributed by atoms with E-state index in [0.29, 0.717) is 12.3 Å². The first kappa shape index (κ1) is 23.7. The number of benzene rings is 2. The molecule has 2 aromatic carbocycles. The Morgan fingerprint density at radius 2 is 1.83 bits per heavy atom. The van der Waals surface area contributed by atoms with Gasteiger partial charge in [0.15, 0.2) is 5.13 Å². The van der Waals surface area contributed by atoms with Crippen LogP contribution in [0.25, 0.3) is 10.2 Å². The lowest BCUT2D eigenvalue weighted by Gasteiger charge is -2.21. The number of hydrogen-bond acceptors (Lipinski definition) is 5. The first-order valence-electron chi connectivity index (χ1n) is 9.50. The van der Waals surface area contributed by atoms with Gasteiger partial charge in [0.2, 0.25) is 5.91 Å². The molecule has 0 aliphatic rings. The van der Waals surface area contributed by atoms with Crippen LogP contribution in [0.3, 0.4) is 0 Å². The molecule has 0 atom stereocenters. The summed E-state index contributed by atoms with van der Waals surface area (Å²) >= 11 is 3.18. The number of anilines is 1. The third-order valence-electron chi connectivity index (χ3n) is 4.54. The molecular formula is C22H28ClN3OS2. The number of carbonyl (C=O) groups excluding carboxylic acids is 1. The Kier molecular flexibility index (Phi) is 8.96. The second kappa shape index (κ2) is 11.0. The van der Waals surface area contributed by atoms with Crippen molar-refractivity contribution in [3.63, 3.8) is 0 Å². The van der Waals surface area contributed by atoms with Crippen molar-refractivity contribution in [2.75, 3.05) is 37.8 Å². The Morgan fingerprint density at radius 3 is 2.48 bits per heavy atom. The highest BCUT2D eigenvalue weighted by Crippen LogP contribution is 2.30. The maximum Gasteiger partial charge on any atom is 0.239 e. The number of likely N-dealkylation sites (N-methyl/N-ethyl adjacent to an activating group) is 1. The molecule has 156 valence electrons. The van der Waals surface area contributed by atoms with Crippen molar-refractivity contribution >= 4 is 56.8 Å². The second-order valence-electron chi connectivity index (χ2n) is 7.10. The molecule has 0 unspecified atom stereocenters. The van der Waals surface area contributed by atoms with Gasteiger partial charge in [-0.2, -0.15) is 0 Å². The van der Waals surface area contributed by atoms with Gasteiger partial charge in [0, 0.05) is 18.0 Å². The number of hydrogen-bond donors (Lipinski definition) is 0. The zero-order valence-electron chi connectivity index (χ0n) is 17.3. The minimum absolute atomic E-state index is 0. The van der Waals surface area contributed by atoms with Gasteiger partial charge in [0.1, 0.15) is 0 Å². The number of halogens is 1. The van der Waals surface area contributed by atoms with E-state index in [4.69, 9.17) is 4.98 Å². The van der Waals surface area contributed by atoms with Gasteiger partial charge in [-0.25, -0.2) is 4.98 Å². The number of carbonyl (C=O) groups is 1. The largest absolute Gasteiger partial charge is 0.308 e. The lowest BCUT2D eigenvalue weighted by Crippen LogP contribution is -2.37. The van der Waals surface area contributed by atoms with E-state index in [-0.39, 0.29) is 18.3 Å². The van der Waals surface area contributed by atoms with Gasteiger partial charge in [-0.05, 0) is 57.3 Å². The van der Waals surface area contributed by atoms with E-state index in [1.165, 1.54) is 11.1 Å². The van der Waals surface area contributed by atoms with Crippen molar-refractivity contribution in [1.82, 2.24) is 9.88 Å². The quantitative estimate of drug-likeness (QED) is 0.438. The lowest BCUT2D eigenvalue weighted by atomic mass is 10.2. The third kappa shape index (κ3) is 6.44. The Morgan fingerprint density at radius 1 is 1.10 bits per heavy atom. The maximum absolute atomic E-state index is 13.0. The highest BCUT2D eigenvalue weighted by atomic mass is 35.5. The molecule has 0 aliphatic heterocycles. The van der Waals surface area contributed by atoms with Gasteiger partial charge in [-0.1, -0.05) is 42.0 Å². The normalized spacial score (nSPS) is 10.9. The molecular weight excluding hydrogens is 422 g/mol. The first-order chi connectivity index (χ1) is 13.5. The Labute approximate surface area is 187 Å². The van der Waals surface area contributed by atoms with E-state index in [2.05, 4.69) is 61.2 Å². The van der Waals surface area contributed by atoms with Crippen LogP contribution in [-0.2, 0) is 11.2 Å². The van der Waals surface area contributed by atoms with Crippen molar-refractivity contribution < 1.29 is 4.79 Å².